The summed E-state index contributed by atoms with van der Waals surface area (Å²) in [6, 6.07) is 8.61. The Morgan fingerprint density at radius 2 is 1.82 bits per heavy atom. The number of carbonyl (C=O) groups excluding carboxylic acids is 1. The van der Waals surface area contributed by atoms with E-state index >= 15 is 0 Å². The molecule has 2 aromatic rings. The third-order valence-corrected chi connectivity index (χ3v) is 6.03. The third kappa shape index (κ3) is 4.40. The van der Waals surface area contributed by atoms with Crippen molar-refractivity contribution in [2.24, 2.45) is 7.05 Å². The van der Waals surface area contributed by atoms with Crippen molar-refractivity contribution in [2.45, 2.75) is 25.3 Å². The molecule has 1 aromatic carbocycles. The van der Waals surface area contributed by atoms with Crippen LogP contribution in [0, 0.1) is 0 Å². The van der Waals surface area contributed by atoms with Gasteiger partial charge in [-0.05, 0) is 24.5 Å². The molecule has 1 amide bonds. The molecule has 4 rings (SSSR count). The first-order valence-corrected chi connectivity index (χ1v) is 10.4. The summed E-state index contributed by atoms with van der Waals surface area (Å²) in [5.74, 6) is 0.233. The largest absolute Gasteiger partial charge is 0.381 e. The molecule has 3 heterocycles. The predicted octanol–water partition coefficient (Wildman–Crippen LogP) is 2.06. The van der Waals surface area contributed by atoms with E-state index < -0.39 is 0 Å². The Hall–Kier alpha value is -1.89. The Labute approximate surface area is 167 Å². The van der Waals surface area contributed by atoms with Crippen LogP contribution in [0.5, 0.6) is 0 Å². The van der Waals surface area contributed by atoms with Crippen LogP contribution in [0.15, 0.2) is 30.5 Å². The minimum atomic E-state index is 0.233. The van der Waals surface area contributed by atoms with E-state index in [-0.39, 0.29) is 11.9 Å². The van der Waals surface area contributed by atoms with Crippen LogP contribution in [0.25, 0.3) is 10.9 Å². The Morgan fingerprint density at radius 1 is 1.11 bits per heavy atom. The van der Waals surface area contributed by atoms with Crippen molar-refractivity contribution < 1.29 is 14.3 Å². The predicted molar refractivity (Wildman–Crippen MR) is 109 cm³/mol. The van der Waals surface area contributed by atoms with Gasteiger partial charge in [0.15, 0.2) is 0 Å². The van der Waals surface area contributed by atoms with E-state index in [9.17, 15) is 4.79 Å². The molecule has 0 N–H and O–H groups in total. The van der Waals surface area contributed by atoms with Crippen LogP contribution in [0.2, 0.25) is 0 Å². The summed E-state index contributed by atoms with van der Waals surface area (Å²) in [7, 11) is 2.05. The molecular weight excluding hydrogens is 354 g/mol. The van der Waals surface area contributed by atoms with Gasteiger partial charge in [-0.25, -0.2) is 0 Å². The number of fused-ring (bicyclic) bond motifs is 1. The molecule has 1 aromatic heterocycles. The molecule has 0 unspecified atom stereocenters. The van der Waals surface area contributed by atoms with Crippen molar-refractivity contribution in [2.75, 3.05) is 52.6 Å². The van der Waals surface area contributed by atoms with E-state index in [1.807, 2.05) is 19.2 Å². The average Bonchev–Trinajstić information content (AvgIpc) is 3.05. The van der Waals surface area contributed by atoms with E-state index in [1.165, 1.54) is 10.9 Å². The Morgan fingerprint density at radius 3 is 2.61 bits per heavy atom. The standard InChI is InChI=1S/C22H31N3O3/c1-23-17-18(20-4-2-3-5-21(20)23)16-22(26)25(19-6-12-27-13-7-19)9-8-24-10-14-28-15-11-24/h2-5,17,19H,6-16H2,1H3. The van der Waals surface area contributed by atoms with Gasteiger partial charge in [-0.2, -0.15) is 0 Å². The van der Waals surface area contributed by atoms with Gasteiger partial charge in [-0.1, -0.05) is 18.2 Å². The molecular formula is C22H31N3O3. The van der Waals surface area contributed by atoms with Crippen molar-refractivity contribution in [1.29, 1.82) is 0 Å². The van der Waals surface area contributed by atoms with Crippen LogP contribution in [0.4, 0.5) is 0 Å². The highest BCUT2D eigenvalue weighted by Gasteiger charge is 2.27. The van der Waals surface area contributed by atoms with Crippen molar-refractivity contribution >= 4 is 16.8 Å². The molecule has 0 saturated carbocycles. The lowest BCUT2D eigenvalue weighted by atomic mass is 10.0. The van der Waals surface area contributed by atoms with Crippen molar-refractivity contribution in [3.05, 3.63) is 36.0 Å². The summed E-state index contributed by atoms with van der Waals surface area (Å²) in [5, 5.41) is 1.18. The zero-order valence-corrected chi connectivity index (χ0v) is 16.8. The summed E-state index contributed by atoms with van der Waals surface area (Å²) >= 11 is 0. The fraction of sp³-hybridized carbons (Fsp3) is 0.591. The van der Waals surface area contributed by atoms with E-state index in [4.69, 9.17) is 9.47 Å². The number of nitrogens with zero attached hydrogens (tertiary/aromatic N) is 3. The lowest BCUT2D eigenvalue weighted by molar-refractivity contribution is -0.135. The van der Waals surface area contributed by atoms with E-state index in [0.29, 0.717) is 6.42 Å². The second-order valence-electron chi connectivity index (χ2n) is 7.84. The third-order valence-electron chi connectivity index (χ3n) is 6.03. The maximum Gasteiger partial charge on any atom is 0.227 e. The Bertz CT molecular complexity index is 791. The molecule has 0 bridgehead atoms. The van der Waals surface area contributed by atoms with Crippen molar-refractivity contribution in [1.82, 2.24) is 14.4 Å². The SMILES string of the molecule is Cn1cc(CC(=O)N(CCN2CCOCC2)C2CCOCC2)c2ccccc21. The zero-order chi connectivity index (χ0) is 19.3. The van der Waals surface area contributed by atoms with Crippen molar-refractivity contribution in [3.63, 3.8) is 0 Å². The van der Waals surface area contributed by atoms with Gasteiger partial charge >= 0.3 is 0 Å². The van der Waals surface area contributed by atoms with Gasteiger partial charge in [0.25, 0.3) is 0 Å². The number of benzene rings is 1. The van der Waals surface area contributed by atoms with Gasteiger partial charge < -0.3 is 18.9 Å². The first kappa shape index (κ1) is 19.4. The van der Waals surface area contributed by atoms with Crippen LogP contribution in [-0.4, -0.2) is 78.9 Å². The molecule has 2 aliphatic rings. The van der Waals surface area contributed by atoms with Gasteiger partial charge in [0, 0.05) is 69.6 Å². The number of morpholine rings is 1. The first-order valence-electron chi connectivity index (χ1n) is 10.4. The second-order valence-corrected chi connectivity index (χ2v) is 7.84. The van der Waals surface area contributed by atoms with Crippen molar-refractivity contribution in [3.8, 4) is 0 Å². The minimum Gasteiger partial charge on any atom is -0.381 e. The minimum absolute atomic E-state index is 0.233. The quantitative estimate of drug-likeness (QED) is 0.764. The maximum absolute atomic E-state index is 13.4. The van der Waals surface area contributed by atoms with E-state index in [0.717, 1.165) is 71.0 Å². The van der Waals surface area contributed by atoms with E-state index in [2.05, 4.69) is 32.7 Å². The molecule has 0 atom stereocenters. The highest BCUT2D eigenvalue weighted by molar-refractivity contribution is 5.89. The Kier molecular flexibility index (Phi) is 6.29. The number of aromatic nitrogens is 1. The smallest absolute Gasteiger partial charge is 0.227 e. The van der Waals surface area contributed by atoms with Gasteiger partial charge in [-0.15, -0.1) is 0 Å². The molecule has 0 aliphatic carbocycles. The summed E-state index contributed by atoms with van der Waals surface area (Å²) in [6.07, 6.45) is 4.43. The molecule has 6 nitrogen and oxygen atoms in total. The maximum atomic E-state index is 13.4. The van der Waals surface area contributed by atoms with Crippen LogP contribution in [0.1, 0.15) is 18.4 Å². The van der Waals surface area contributed by atoms with Crippen LogP contribution in [0.3, 0.4) is 0 Å². The van der Waals surface area contributed by atoms with Gasteiger partial charge in [0.1, 0.15) is 0 Å². The summed E-state index contributed by atoms with van der Waals surface area (Å²) < 4.78 is 13.1. The lowest BCUT2D eigenvalue weighted by Crippen LogP contribution is -2.49. The highest BCUT2D eigenvalue weighted by Crippen LogP contribution is 2.23. The second kappa shape index (κ2) is 9.07. The molecule has 0 spiro atoms. The van der Waals surface area contributed by atoms with Gasteiger partial charge in [-0.3, -0.25) is 9.69 Å². The summed E-state index contributed by atoms with van der Waals surface area (Å²) in [5.41, 5.74) is 2.29. The molecule has 6 heteroatoms. The van der Waals surface area contributed by atoms with E-state index in [1.54, 1.807) is 0 Å². The van der Waals surface area contributed by atoms with Crippen LogP contribution < -0.4 is 0 Å². The lowest BCUT2D eigenvalue weighted by Gasteiger charge is -2.36. The van der Waals surface area contributed by atoms with Gasteiger partial charge in [0.2, 0.25) is 5.91 Å². The molecule has 152 valence electrons. The molecule has 2 fully saturated rings. The van der Waals surface area contributed by atoms with Crippen LogP contribution in [-0.2, 0) is 27.7 Å². The molecule has 28 heavy (non-hydrogen) atoms. The molecule has 2 saturated heterocycles. The van der Waals surface area contributed by atoms with Gasteiger partial charge in [0.05, 0.1) is 19.6 Å². The number of carbonyl (C=O) groups is 1. The number of hydrogen-bond acceptors (Lipinski definition) is 4. The number of para-hydroxylation sites is 1. The fourth-order valence-corrected chi connectivity index (χ4v) is 4.41. The molecule has 2 aliphatic heterocycles. The number of rotatable bonds is 6. The summed E-state index contributed by atoms with van der Waals surface area (Å²) in [6.45, 7) is 6.71. The highest BCUT2D eigenvalue weighted by atomic mass is 16.5. The fourth-order valence-electron chi connectivity index (χ4n) is 4.41. The summed E-state index contributed by atoms with van der Waals surface area (Å²) in [4.78, 5) is 17.9. The Balaban J connectivity index is 1.48. The molecule has 0 radical (unpaired) electrons. The number of aryl methyl sites for hydroxylation is 1. The number of amides is 1. The van der Waals surface area contributed by atoms with Crippen LogP contribution >= 0.6 is 0 Å². The normalized spacial score (nSPS) is 19.2. The average molecular weight is 386 g/mol. The zero-order valence-electron chi connectivity index (χ0n) is 16.8. The monoisotopic (exact) mass is 385 g/mol. The topological polar surface area (TPSA) is 46.9 Å². The number of ether oxygens (including phenoxy) is 2. The number of hydrogen-bond donors (Lipinski definition) is 0. The first-order chi connectivity index (χ1) is 13.7.